The van der Waals surface area contributed by atoms with Crippen LogP contribution in [0.2, 0.25) is 0 Å². The lowest BCUT2D eigenvalue weighted by Crippen LogP contribution is -2.19. The minimum Gasteiger partial charge on any atom is -0.310 e. The molecule has 1 N–H and O–H groups in total. The lowest BCUT2D eigenvalue weighted by Gasteiger charge is -2.17. The molecule has 0 amide bonds. The highest BCUT2D eigenvalue weighted by Crippen LogP contribution is 2.36. The molecule has 1 heterocycles. The Labute approximate surface area is 121 Å². The van der Waals surface area contributed by atoms with Gasteiger partial charge in [0.2, 0.25) is 0 Å². The van der Waals surface area contributed by atoms with E-state index in [0.29, 0.717) is 0 Å². The zero-order chi connectivity index (χ0) is 13.8. The molecule has 19 heavy (non-hydrogen) atoms. The predicted molar refractivity (Wildman–Crippen MR) is 79.5 cm³/mol. The van der Waals surface area contributed by atoms with Crippen LogP contribution in [0.15, 0.2) is 32.8 Å². The quantitative estimate of drug-likeness (QED) is 0.884. The molecular formula is C14H17FN2S2. The molecule has 102 valence electrons. The molecule has 1 unspecified atom stereocenters. The van der Waals surface area contributed by atoms with Crippen molar-refractivity contribution < 1.29 is 4.39 Å². The second kappa shape index (κ2) is 6.50. The zero-order valence-corrected chi connectivity index (χ0v) is 12.9. The summed E-state index contributed by atoms with van der Waals surface area (Å²) in [7, 11) is 0. The van der Waals surface area contributed by atoms with Gasteiger partial charge in [0.1, 0.15) is 5.82 Å². The number of aryl methyl sites for hydroxylation is 1. The van der Waals surface area contributed by atoms with Crippen LogP contribution in [0.25, 0.3) is 0 Å². The van der Waals surface area contributed by atoms with Crippen molar-refractivity contribution >= 4 is 23.1 Å². The minimum atomic E-state index is -0.160. The fourth-order valence-electron chi connectivity index (χ4n) is 1.91. The summed E-state index contributed by atoms with van der Waals surface area (Å²) in [5.41, 5.74) is 1.73. The molecule has 0 radical (unpaired) electrons. The van der Waals surface area contributed by atoms with E-state index >= 15 is 0 Å². The Bertz CT molecular complexity index is 554. The van der Waals surface area contributed by atoms with Crippen LogP contribution in [0.4, 0.5) is 4.39 Å². The Morgan fingerprint density at radius 1 is 1.47 bits per heavy atom. The molecule has 0 aliphatic rings. The molecule has 2 rings (SSSR count). The summed E-state index contributed by atoms with van der Waals surface area (Å²) in [6.45, 7) is 6.79. The van der Waals surface area contributed by atoms with Crippen LogP contribution < -0.4 is 5.32 Å². The van der Waals surface area contributed by atoms with E-state index in [-0.39, 0.29) is 11.9 Å². The maximum absolute atomic E-state index is 14.1. The second-order valence-electron chi connectivity index (χ2n) is 4.29. The molecule has 0 bridgehead atoms. The van der Waals surface area contributed by atoms with Gasteiger partial charge < -0.3 is 5.32 Å². The first-order valence-electron chi connectivity index (χ1n) is 6.23. The molecule has 1 aromatic carbocycles. The molecule has 0 fully saturated rings. The summed E-state index contributed by atoms with van der Waals surface area (Å²) in [6.07, 6.45) is 0. The van der Waals surface area contributed by atoms with E-state index in [1.807, 2.05) is 32.2 Å². The van der Waals surface area contributed by atoms with Crippen molar-refractivity contribution in [3.05, 3.63) is 40.7 Å². The number of rotatable bonds is 5. The summed E-state index contributed by atoms with van der Waals surface area (Å²) in [5.74, 6) is -0.160. The summed E-state index contributed by atoms with van der Waals surface area (Å²) in [6, 6.07) is 5.21. The van der Waals surface area contributed by atoms with E-state index in [0.717, 1.165) is 27.0 Å². The standard InChI is InChI=1S/C14H17FN2S2/c1-4-16-10(3)13-11(15)6-5-7-12(13)19-14-17-9(2)8-18-14/h5-8,10,16H,4H2,1-3H3. The van der Waals surface area contributed by atoms with Gasteiger partial charge in [-0.2, -0.15) is 0 Å². The van der Waals surface area contributed by atoms with Crippen LogP contribution in [0.5, 0.6) is 0 Å². The van der Waals surface area contributed by atoms with Crippen LogP contribution in [0.3, 0.4) is 0 Å². The molecule has 0 aliphatic carbocycles. The number of thiazole rings is 1. The molecule has 5 heteroatoms. The number of halogens is 1. The normalized spacial score (nSPS) is 12.6. The van der Waals surface area contributed by atoms with Crippen molar-refractivity contribution in [2.24, 2.45) is 0 Å². The van der Waals surface area contributed by atoms with Gasteiger partial charge in [-0.3, -0.25) is 0 Å². The van der Waals surface area contributed by atoms with Crippen molar-refractivity contribution in [1.29, 1.82) is 0 Å². The van der Waals surface area contributed by atoms with Crippen molar-refractivity contribution in [2.45, 2.75) is 36.0 Å². The molecule has 0 aliphatic heterocycles. The molecule has 1 aromatic heterocycles. The number of aromatic nitrogens is 1. The van der Waals surface area contributed by atoms with Crippen LogP contribution in [-0.2, 0) is 0 Å². The van der Waals surface area contributed by atoms with Gasteiger partial charge in [0, 0.05) is 27.6 Å². The van der Waals surface area contributed by atoms with Gasteiger partial charge in [0.05, 0.1) is 0 Å². The summed E-state index contributed by atoms with van der Waals surface area (Å²) >= 11 is 3.12. The highest BCUT2D eigenvalue weighted by Gasteiger charge is 2.16. The van der Waals surface area contributed by atoms with Crippen LogP contribution in [0.1, 0.15) is 31.1 Å². The number of benzene rings is 1. The summed E-state index contributed by atoms with van der Waals surface area (Å²) in [4.78, 5) is 5.35. The lowest BCUT2D eigenvalue weighted by atomic mass is 10.1. The Kier molecular flexibility index (Phi) is 4.96. The van der Waals surface area contributed by atoms with Crippen molar-refractivity contribution in [2.75, 3.05) is 6.54 Å². The van der Waals surface area contributed by atoms with Gasteiger partial charge in [-0.05, 0) is 32.5 Å². The van der Waals surface area contributed by atoms with E-state index < -0.39 is 0 Å². The third-order valence-electron chi connectivity index (χ3n) is 2.75. The molecule has 2 aromatic rings. The van der Waals surface area contributed by atoms with E-state index in [4.69, 9.17) is 0 Å². The van der Waals surface area contributed by atoms with Gasteiger partial charge in [-0.1, -0.05) is 24.8 Å². The third-order valence-corrected chi connectivity index (χ3v) is 4.88. The zero-order valence-electron chi connectivity index (χ0n) is 11.2. The smallest absolute Gasteiger partial charge is 0.154 e. The SMILES string of the molecule is CCNC(C)c1c(F)cccc1Sc1nc(C)cs1. The van der Waals surface area contributed by atoms with Gasteiger partial charge in [-0.15, -0.1) is 11.3 Å². The predicted octanol–water partition coefficient (Wildman–Crippen LogP) is 4.41. The Balaban J connectivity index is 2.31. The maximum Gasteiger partial charge on any atom is 0.154 e. The number of hydrogen-bond acceptors (Lipinski definition) is 4. The fraction of sp³-hybridized carbons (Fsp3) is 0.357. The Hall–Kier alpha value is -0.910. The van der Waals surface area contributed by atoms with Gasteiger partial charge in [0.15, 0.2) is 4.34 Å². The van der Waals surface area contributed by atoms with Crippen molar-refractivity contribution in [1.82, 2.24) is 10.3 Å². The van der Waals surface area contributed by atoms with Crippen LogP contribution in [-0.4, -0.2) is 11.5 Å². The highest BCUT2D eigenvalue weighted by atomic mass is 32.2. The number of nitrogens with one attached hydrogen (secondary N) is 1. The summed E-state index contributed by atoms with van der Waals surface area (Å²) < 4.78 is 15.0. The Morgan fingerprint density at radius 2 is 2.26 bits per heavy atom. The monoisotopic (exact) mass is 296 g/mol. The van der Waals surface area contributed by atoms with Gasteiger partial charge >= 0.3 is 0 Å². The second-order valence-corrected chi connectivity index (χ2v) is 6.44. The first kappa shape index (κ1) is 14.5. The average Bonchev–Trinajstić information content (AvgIpc) is 2.75. The Morgan fingerprint density at radius 3 is 2.89 bits per heavy atom. The van der Waals surface area contributed by atoms with E-state index in [2.05, 4.69) is 10.3 Å². The van der Waals surface area contributed by atoms with Crippen LogP contribution in [0, 0.1) is 12.7 Å². The first-order chi connectivity index (χ1) is 9.11. The average molecular weight is 296 g/mol. The molecule has 2 nitrogen and oxygen atoms in total. The number of hydrogen-bond donors (Lipinski definition) is 1. The van der Waals surface area contributed by atoms with Crippen LogP contribution >= 0.6 is 23.1 Å². The molecular weight excluding hydrogens is 279 g/mol. The van der Waals surface area contributed by atoms with E-state index in [1.165, 1.54) is 17.8 Å². The van der Waals surface area contributed by atoms with Gasteiger partial charge in [0.25, 0.3) is 0 Å². The highest BCUT2D eigenvalue weighted by molar-refractivity contribution is 8.01. The summed E-state index contributed by atoms with van der Waals surface area (Å²) in [5, 5.41) is 5.27. The van der Waals surface area contributed by atoms with Crippen molar-refractivity contribution in [3.63, 3.8) is 0 Å². The van der Waals surface area contributed by atoms with Crippen molar-refractivity contribution in [3.8, 4) is 0 Å². The molecule has 1 atom stereocenters. The van der Waals surface area contributed by atoms with E-state index in [9.17, 15) is 4.39 Å². The maximum atomic E-state index is 14.1. The molecule has 0 saturated carbocycles. The topological polar surface area (TPSA) is 24.9 Å². The first-order valence-corrected chi connectivity index (χ1v) is 7.93. The lowest BCUT2D eigenvalue weighted by molar-refractivity contribution is 0.531. The number of nitrogens with zero attached hydrogens (tertiary/aromatic N) is 1. The van der Waals surface area contributed by atoms with E-state index in [1.54, 1.807) is 17.4 Å². The van der Waals surface area contributed by atoms with Gasteiger partial charge in [-0.25, -0.2) is 9.37 Å². The fourth-order valence-corrected chi connectivity index (χ4v) is 3.94. The molecule has 0 saturated heterocycles. The minimum absolute atomic E-state index is 0.00485. The molecule has 0 spiro atoms. The largest absolute Gasteiger partial charge is 0.310 e. The third kappa shape index (κ3) is 3.55.